The zero-order chi connectivity index (χ0) is 11.3. The summed E-state index contributed by atoms with van der Waals surface area (Å²) in [5.74, 6) is 0. The smallest absolute Gasteiger partial charge is 0.0793 e. The zero-order valence-electron chi connectivity index (χ0n) is 8.58. The molecule has 0 saturated heterocycles. The van der Waals surface area contributed by atoms with Crippen molar-refractivity contribution < 1.29 is 5.11 Å². The number of rotatable bonds is 4. The minimum atomic E-state index is -0.375. The number of aliphatic hydroxyl groups is 1. The highest BCUT2D eigenvalue weighted by Crippen LogP contribution is 2.26. The molecule has 1 unspecified atom stereocenters. The predicted octanol–water partition coefficient (Wildman–Crippen LogP) is 4.52. The van der Waals surface area contributed by atoms with E-state index >= 15 is 0 Å². The molecule has 1 rings (SSSR count). The Bertz CT molecular complexity index is 329. The van der Waals surface area contributed by atoms with Crippen molar-refractivity contribution in [2.24, 2.45) is 0 Å². The molecule has 1 atom stereocenters. The van der Waals surface area contributed by atoms with Gasteiger partial charge in [-0.05, 0) is 57.2 Å². The Balaban J connectivity index is 2.51. The van der Waals surface area contributed by atoms with Crippen LogP contribution in [0.4, 0.5) is 0 Å². The molecule has 1 nitrogen and oxygen atoms in total. The van der Waals surface area contributed by atoms with Gasteiger partial charge in [0, 0.05) is 0 Å². The number of hydrogen-bond donors (Lipinski definition) is 1. The van der Waals surface area contributed by atoms with E-state index in [4.69, 9.17) is 0 Å². The number of halogens is 2. The van der Waals surface area contributed by atoms with E-state index in [-0.39, 0.29) is 6.10 Å². The van der Waals surface area contributed by atoms with E-state index in [1.807, 2.05) is 37.3 Å². The van der Waals surface area contributed by atoms with Crippen LogP contribution in [0.2, 0.25) is 0 Å². The minimum absolute atomic E-state index is 0.375. The quantitative estimate of drug-likeness (QED) is 0.858. The maximum Gasteiger partial charge on any atom is 0.0793 e. The highest BCUT2D eigenvalue weighted by Gasteiger charge is 2.07. The summed E-state index contributed by atoms with van der Waals surface area (Å²) in [5.41, 5.74) is 2.20. The Labute approximate surface area is 107 Å². The summed E-state index contributed by atoms with van der Waals surface area (Å²) in [7, 11) is 0. The van der Waals surface area contributed by atoms with Gasteiger partial charge in [0.2, 0.25) is 0 Å². The van der Waals surface area contributed by atoms with Crippen LogP contribution in [0.15, 0.2) is 39.3 Å². The summed E-state index contributed by atoms with van der Waals surface area (Å²) in [5, 5.41) is 9.90. The number of aliphatic hydroxyl groups excluding tert-OH is 1. The third-order valence-electron chi connectivity index (χ3n) is 2.30. The molecule has 1 aromatic carbocycles. The molecule has 0 radical (unpaired) electrons. The topological polar surface area (TPSA) is 20.2 Å². The largest absolute Gasteiger partial charge is 0.388 e. The Morgan fingerprint density at radius 3 is 2.40 bits per heavy atom. The van der Waals surface area contributed by atoms with Gasteiger partial charge in [-0.25, -0.2) is 0 Å². The molecule has 0 aliphatic heterocycles. The second-order valence-corrected chi connectivity index (χ2v) is 6.16. The van der Waals surface area contributed by atoms with Gasteiger partial charge >= 0.3 is 0 Å². The summed E-state index contributed by atoms with van der Waals surface area (Å²) in [6.07, 6.45) is 1.25. The van der Waals surface area contributed by atoms with Crippen molar-refractivity contribution in [3.63, 3.8) is 0 Å². The lowest BCUT2D eigenvalue weighted by Gasteiger charge is -2.10. The summed E-state index contributed by atoms with van der Waals surface area (Å²) >= 11 is 6.72. The number of hydrogen-bond acceptors (Lipinski definition) is 1. The van der Waals surface area contributed by atoms with E-state index in [1.165, 1.54) is 5.57 Å². The van der Waals surface area contributed by atoms with Gasteiger partial charge in [-0.15, -0.1) is 0 Å². The van der Waals surface area contributed by atoms with E-state index in [9.17, 15) is 5.11 Å². The van der Waals surface area contributed by atoms with Crippen LogP contribution in [0.1, 0.15) is 31.4 Å². The summed E-state index contributed by atoms with van der Waals surface area (Å²) in [6, 6.07) is 9.75. The number of benzene rings is 1. The second-order valence-electron chi connectivity index (χ2n) is 3.51. The average Bonchev–Trinajstić information content (AvgIpc) is 2.26. The standard InChI is InChI=1S/C12H14Br2O/c1-9(12(13)14)7-8-11(15)10-5-3-2-4-6-10/h2-6,11,15H,7-8H2,1H3. The van der Waals surface area contributed by atoms with Gasteiger partial charge in [-0.3, -0.25) is 0 Å². The van der Waals surface area contributed by atoms with Crippen LogP contribution in [-0.4, -0.2) is 5.11 Å². The van der Waals surface area contributed by atoms with E-state index in [0.29, 0.717) is 0 Å². The molecule has 82 valence electrons. The molecular weight excluding hydrogens is 320 g/mol. The predicted molar refractivity (Wildman–Crippen MR) is 71.2 cm³/mol. The van der Waals surface area contributed by atoms with Crippen molar-refractivity contribution in [3.8, 4) is 0 Å². The summed E-state index contributed by atoms with van der Waals surface area (Å²) in [6.45, 7) is 2.04. The van der Waals surface area contributed by atoms with Gasteiger partial charge in [0.1, 0.15) is 0 Å². The number of allylic oxidation sites excluding steroid dienone is 1. The van der Waals surface area contributed by atoms with Gasteiger partial charge in [-0.2, -0.15) is 0 Å². The first kappa shape index (κ1) is 12.9. The van der Waals surface area contributed by atoms with Crippen LogP contribution >= 0.6 is 31.9 Å². The van der Waals surface area contributed by atoms with Crippen molar-refractivity contribution in [2.75, 3.05) is 0 Å². The molecule has 0 aromatic heterocycles. The first-order valence-electron chi connectivity index (χ1n) is 4.85. The Morgan fingerprint density at radius 2 is 1.87 bits per heavy atom. The van der Waals surface area contributed by atoms with Crippen molar-refractivity contribution in [1.29, 1.82) is 0 Å². The lowest BCUT2D eigenvalue weighted by molar-refractivity contribution is 0.168. The van der Waals surface area contributed by atoms with E-state index < -0.39 is 0 Å². The van der Waals surface area contributed by atoms with Crippen LogP contribution in [0, 0.1) is 0 Å². The molecule has 0 aliphatic carbocycles. The zero-order valence-corrected chi connectivity index (χ0v) is 11.8. The maximum absolute atomic E-state index is 9.90. The van der Waals surface area contributed by atoms with Crippen molar-refractivity contribution in [1.82, 2.24) is 0 Å². The van der Waals surface area contributed by atoms with E-state index in [2.05, 4.69) is 31.9 Å². The maximum atomic E-state index is 9.90. The lowest BCUT2D eigenvalue weighted by Crippen LogP contribution is -1.97. The fourth-order valence-electron chi connectivity index (χ4n) is 1.29. The second kappa shape index (κ2) is 6.46. The Hall–Kier alpha value is -0.120. The Kier molecular flexibility index (Phi) is 5.58. The molecule has 0 amide bonds. The van der Waals surface area contributed by atoms with Crippen LogP contribution in [0.3, 0.4) is 0 Å². The molecule has 0 bridgehead atoms. The molecule has 0 fully saturated rings. The van der Waals surface area contributed by atoms with Crippen LogP contribution < -0.4 is 0 Å². The van der Waals surface area contributed by atoms with Gasteiger partial charge in [0.05, 0.1) is 9.50 Å². The summed E-state index contributed by atoms with van der Waals surface area (Å²) < 4.78 is 0.982. The average molecular weight is 334 g/mol. The fraction of sp³-hybridized carbons (Fsp3) is 0.333. The third-order valence-corrected chi connectivity index (χ3v) is 3.65. The normalized spacial score (nSPS) is 12.3. The fourth-order valence-corrected chi connectivity index (χ4v) is 1.69. The van der Waals surface area contributed by atoms with Gasteiger partial charge < -0.3 is 5.11 Å². The minimum Gasteiger partial charge on any atom is -0.388 e. The summed E-state index contributed by atoms with van der Waals surface area (Å²) in [4.78, 5) is 0. The molecule has 1 aromatic rings. The lowest BCUT2D eigenvalue weighted by atomic mass is 10.0. The van der Waals surface area contributed by atoms with Crippen LogP contribution in [-0.2, 0) is 0 Å². The van der Waals surface area contributed by atoms with Crippen molar-refractivity contribution in [3.05, 3.63) is 44.9 Å². The van der Waals surface area contributed by atoms with Crippen LogP contribution in [0.25, 0.3) is 0 Å². The highest BCUT2D eigenvalue weighted by atomic mass is 79.9. The first-order chi connectivity index (χ1) is 7.11. The van der Waals surface area contributed by atoms with Gasteiger partial charge in [-0.1, -0.05) is 35.9 Å². The highest BCUT2D eigenvalue weighted by molar-refractivity contribution is 9.28. The molecule has 0 saturated carbocycles. The van der Waals surface area contributed by atoms with Crippen molar-refractivity contribution >= 4 is 31.9 Å². The Morgan fingerprint density at radius 1 is 1.27 bits per heavy atom. The van der Waals surface area contributed by atoms with Crippen molar-refractivity contribution in [2.45, 2.75) is 25.9 Å². The molecular formula is C12H14Br2O. The monoisotopic (exact) mass is 332 g/mol. The van der Waals surface area contributed by atoms with Gasteiger partial charge in [0.25, 0.3) is 0 Å². The van der Waals surface area contributed by atoms with Gasteiger partial charge in [0.15, 0.2) is 0 Å². The SMILES string of the molecule is CC(CCC(O)c1ccccc1)=C(Br)Br. The van der Waals surface area contributed by atoms with Crippen LogP contribution in [0.5, 0.6) is 0 Å². The first-order valence-corrected chi connectivity index (χ1v) is 6.43. The molecule has 0 spiro atoms. The van der Waals surface area contributed by atoms with E-state index in [1.54, 1.807) is 0 Å². The molecule has 0 aliphatic rings. The molecule has 15 heavy (non-hydrogen) atoms. The molecule has 1 N–H and O–H groups in total. The van der Waals surface area contributed by atoms with E-state index in [0.717, 1.165) is 21.8 Å². The third kappa shape index (κ3) is 4.49. The molecule has 0 heterocycles. The molecule has 3 heteroatoms.